The van der Waals surface area contributed by atoms with E-state index in [-0.39, 0.29) is 6.03 Å². The summed E-state index contributed by atoms with van der Waals surface area (Å²) in [5.41, 5.74) is 2.40. The van der Waals surface area contributed by atoms with Gasteiger partial charge in [0.15, 0.2) is 0 Å². The van der Waals surface area contributed by atoms with Gasteiger partial charge in [0.05, 0.1) is 10.7 Å². The first-order valence-corrected chi connectivity index (χ1v) is 9.34. The molecule has 2 rings (SSSR count). The van der Waals surface area contributed by atoms with Crippen LogP contribution >= 0.6 is 35.9 Å². The van der Waals surface area contributed by atoms with E-state index in [9.17, 15) is 4.79 Å². The minimum atomic E-state index is -0.178. The number of nitrogens with zero attached hydrogens (tertiary/aromatic N) is 2. The second kappa shape index (κ2) is 9.07. The van der Waals surface area contributed by atoms with Crippen molar-refractivity contribution in [3.63, 3.8) is 0 Å². The van der Waals surface area contributed by atoms with E-state index in [4.69, 9.17) is 0 Å². The normalized spacial score (nSPS) is 10.5. The maximum atomic E-state index is 11.3. The predicted octanol–water partition coefficient (Wildman–Crippen LogP) is 3.45. The fourth-order valence-electron chi connectivity index (χ4n) is 1.79. The number of carbonyl (C=O) groups excluding carboxylic acids is 1. The molecule has 0 radical (unpaired) electrons. The maximum absolute atomic E-state index is 11.3. The van der Waals surface area contributed by atoms with Crippen LogP contribution in [0.2, 0.25) is 0 Å². The Hall–Kier alpha value is -1.18. The van der Waals surface area contributed by atoms with E-state index in [0.29, 0.717) is 6.54 Å². The molecule has 22 heavy (non-hydrogen) atoms. The number of hydrogen-bond donors (Lipinski definition) is 2. The van der Waals surface area contributed by atoms with Gasteiger partial charge in [0, 0.05) is 36.9 Å². The Morgan fingerprint density at radius 3 is 2.91 bits per heavy atom. The Kier molecular flexibility index (Phi) is 7.08. The summed E-state index contributed by atoms with van der Waals surface area (Å²) >= 11 is 7.40. The zero-order valence-corrected chi connectivity index (χ0v) is 14.9. The minimum Gasteiger partial charge on any atom is -0.336 e. The second-order valence-corrected chi connectivity index (χ2v) is 7.35. The molecule has 0 saturated heterocycles. The van der Waals surface area contributed by atoms with E-state index in [1.165, 1.54) is 9.87 Å². The third kappa shape index (κ3) is 5.90. The molecule has 1 heterocycles. The SMILES string of the molecule is CN(S)C(=O)NCCSCc1csc(Cc2ccccc2)n1. The first-order valence-electron chi connectivity index (χ1n) is 6.90. The van der Waals surface area contributed by atoms with Crippen LogP contribution in [-0.2, 0) is 12.2 Å². The molecule has 2 aromatic rings. The lowest BCUT2D eigenvalue weighted by atomic mass is 10.2. The number of rotatable bonds is 7. The minimum absolute atomic E-state index is 0.178. The smallest absolute Gasteiger partial charge is 0.326 e. The van der Waals surface area contributed by atoms with Crippen LogP contribution in [0, 0.1) is 0 Å². The number of benzene rings is 1. The molecule has 4 nitrogen and oxygen atoms in total. The van der Waals surface area contributed by atoms with Gasteiger partial charge in [-0.1, -0.05) is 43.1 Å². The Morgan fingerprint density at radius 1 is 1.41 bits per heavy atom. The lowest BCUT2D eigenvalue weighted by Crippen LogP contribution is -2.32. The summed E-state index contributed by atoms with van der Waals surface area (Å²) < 4.78 is 1.24. The Labute approximate surface area is 144 Å². The molecule has 0 fully saturated rings. The van der Waals surface area contributed by atoms with Gasteiger partial charge >= 0.3 is 6.03 Å². The van der Waals surface area contributed by atoms with Crippen LogP contribution in [0.5, 0.6) is 0 Å². The molecule has 1 aromatic carbocycles. The Balaban J connectivity index is 1.68. The third-order valence-electron chi connectivity index (χ3n) is 2.86. The van der Waals surface area contributed by atoms with Crippen LogP contribution in [0.1, 0.15) is 16.3 Å². The zero-order chi connectivity index (χ0) is 15.8. The van der Waals surface area contributed by atoms with Crippen molar-refractivity contribution in [2.75, 3.05) is 19.3 Å². The Bertz CT molecular complexity index is 587. The van der Waals surface area contributed by atoms with Crippen molar-refractivity contribution in [3.05, 3.63) is 52.0 Å². The molecule has 0 aliphatic heterocycles. The van der Waals surface area contributed by atoms with Crippen LogP contribution < -0.4 is 5.32 Å². The van der Waals surface area contributed by atoms with Gasteiger partial charge in [0.1, 0.15) is 0 Å². The number of urea groups is 1. The van der Waals surface area contributed by atoms with Crippen LogP contribution in [0.3, 0.4) is 0 Å². The molecule has 1 aromatic heterocycles. The number of thioether (sulfide) groups is 1. The molecule has 0 aliphatic carbocycles. The molecular weight excluding hydrogens is 334 g/mol. The number of carbonyl (C=O) groups is 1. The lowest BCUT2D eigenvalue weighted by molar-refractivity contribution is 0.231. The van der Waals surface area contributed by atoms with Gasteiger partial charge in [-0.2, -0.15) is 11.8 Å². The highest BCUT2D eigenvalue weighted by atomic mass is 32.2. The maximum Gasteiger partial charge on any atom is 0.326 e. The highest BCUT2D eigenvalue weighted by Crippen LogP contribution is 2.18. The van der Waals surface area contributed by atoms with Crippen molar-refractivity contribution in [2.45, 2.75) is 12.2 Å². The van der Waals surface area contributed by atoms with Gasteiger partial charge in [-0.15, -0.1) is 11.3 Å². The summed E-state index contributed by atoms with van der Waals surface area (Å²) in [5, 5.41) is 6.04. The second-order valence-electron chi connectivity index (χ2n) is 4.70. The van der Waals surface area contributed by atoms with E-state index in [1.807, 2.05) is 6.07 Å². The summed E-state index contributed by atoms with van der Waals surface area (Å²) in [6, 6.07) is 10.2. The van der Waals surface area contributed by atoms with Gasteiger partial charge in [-0.05, 0) is 5.56 Å². The monoisotopic (exact) mass is 353 g/mol. The van der Waals surface area contributed by atoms with Crippen LogP contribution in [0.25, 0.3) is 0 Å². The summed E-state index contributed by atoms with van der Waals surface area (Å²) in [6.45, 7) is 0.634. The van der Waals surface area contributed by atoms with Crippen molar-refractivity contribution in [3.8, 4) is 0 Å². The predicted molar refractivity (Wildman–Crippen MR) is 97.7 cm³/mol. The molecular formula is C15H19N3OS3. The Morgan fingerprint density at radius 2 is 2.18 bits per heavy atom. The average Bonchev–Trinajstić information content (AvgIpc) is 2.95. The van der Waals surface area contributed by atoms with Crippen LogP contribution in [0.4, 0.5) is 4.79 Å². The average molecular weight is 354 g/mol. The van der Waals surface area contributed by atoms with E-state index < -0.39 is 0 Å². The third-order valence-corrected chi connectivity index (χ3v) is 4.94. The standard InChI is InChI=1S/C15H19N3OS3/c1-18(20)15(19)16-7-8-21-10-13-11-22-14(17-13)9-12-5-3-2-4-6-12/h2-6,11,20H,7-10H2,1H3,(H,16,19). The quantitative estimate of drug-likeness (QED) is 0.592. The lowest BCUT2D eigenvalue weighted by Gasteiger charge is -2.09. The van der Waals surface area contributed by atoms with E-state index in [1.54, 1.807) is 30.1 Å². The number of amides is 2. The van der Waals surface area contributed by atoms with Crippen molar-refractivity contribution < 1.29 is 4.79 Å². The summed E-state index contributed by atoms with van der Waals surface area (Å²) in [5.74, 6) is 1.73. The van der Waals surface area contributed by atoms with Gasteiger partial charge in [0.2, 0.25) is 0 Å². The van der Waals surface area contributed by atoms with Crippen molar-refractivity contribution >= 4 is 41.9 Å². The number of aromatic nitrogens is 1. The van der Waals surface area contributed by atoms with E-state index in [0.717, 1.165) is 28.6 Å². The van der Waals surface area contributed by atoms with Crippen molar-refractivity contribution in [1.82, 2.24) is 14.6 Å². The molecule has 7 heteroatoms. The van der Waals surface area contributed by atoms with Gasteiger partial charge in [-0.3, -0.25) is 4.31 Å². The van der Waals surface area contributed by atoms with Gasteiger partial charge in [-0.25, -0.2) is 9.78 Å². The fourth-order valence-corrected chi connectivity index (χ4v) is 3.54. The molecule has 0 spiro atoms. The first-order chi connectivity index (χ1) is 10.6. The highest BCUT2D eigenvalue weighted by molar-refractivity contribution is 7.98. The van der Waals surface area contributed by atoms with E-state index >= 15 is 0 Å². The molecule has 0 unspecified atom stereocenters. The van der Waals surface area contributed by atoms with E-state index in [2.05, 4.69) is 52.8 Å². The van der Waals surface area contributed by atoms with Crippen LogP contribution in [-0.4, -0.2) is 34.7 Å². The highest BCUT2D eigenvalue weighted by Gasteiger charge is 2.05. The van der Waals surface area contributed by atoms with Crippen molar-refractivity contribution in [2.24, 2.45) is 0 Å². The largest absolute Gasteiger partial charge is 0.336 e. The fraction of sp³-hybridized carbons (Fsp3) is 0.333. The van der Waals surface area contributed by atoms with Crippen LogP contribution in [0.15, 0.2) is 35.7 Å². The number of thiazole rings is 1. The topological polar surface area (TPSA) is 45.2 Å². The molecule has 2 amide bonds. The van der Waals surface area contributed by atoms with Crippen molar-refractivity contribution in [1.29, 1.82) is 0 Å². The number of hydrogen-bond acceptors (Lipinski definition) is 5. The molecule has 0 atom stereocenters. The zero-order valence-electron chi connectivity index (χ0n) is 12.4. The molecule has 0 saturated carbocycles. The first kappa shape index (κ1) is 17.2. The summed E-state index contributed by atoms with van der Waals surface area (Å²) in [6.07, 6.45) is 0.889. The number of nitrogens with one attached hydrogen (secondary N) is 1. The summed E-state index contributed by atoms with van der Waals surface area (Å²) in [4.78, 5) is 15.9. The summed E-state index contributed by atoms with van der Waals surface area (Å²) in [7, 11) is 1.61. The molecule has 1 N–H and O–H groups in total. The number of thiol groups is 1. The molecule has 0 bridgehead atoms. The van der Waals surface area contributed by atoms with Gasteiger partial charge in [0.25, 0.3) is 0 Å². The molecule has 0 aliphatic rings. The molecule has 118 valence electrons. The van der Waals surface area contributed by atoms with Gasteiger partial charge < -0.3 is 5.32 Å².